The van der Waals surface area contributed by atoms with Crippen LogP contribution in [0.3, 0.4) is 0 Å². The monoisotopic (exact) mass is 561 g/mol. The van der Waals surface area contributed by atoms with E-state index in [-0.39, 0.29) is 5.91 Å². The number of hydrogen-bond donors (Lipinski definition) is 0. The fraction of sp³-hybridized carbons (Fsp3) is 0.206. The summed E-state index contributed by atoms with van der Waals surface area (Å²) in [6.07, 6.45) is 4.36. The van der Waals surface area contributed by atoms with Gasteiger partial charge in [-0.05, 0) is 52.9 Å². The molecule has 1 amide bonds. The van der Waals surface area contributed by atoms with Crippen LogP contribution in [0.5, 0.6) is 5.75 Å². The number of benzene rings is 3. The number of rotatable bonds is 3. The molecule has 0 atom stereocenters. The summed E-state index contributed by atoms with van der Waals surface area (Å²) in [5.74, 6) is 0.768. The Morgan fingerprint density at radius 3 is 2.56 bits per heavy atom. The number of amides is 1. The molecule has 1 aliphatic rings. The average molecular weight is 562 g/mol. The molecule has 0 saturated heterocycles. The van der Waals surface area contributed by atoms with Gasteiger partial charge in [-0.25, -0.2) is 4.98 Å². The molecule has 2 aromatic heterocycles. The molecule has 0 N–H and O–H groups in total. The number of aryl methyl sites for hydroxylation is 1. The lowest BCUT2D eigenvalue weighted by Crippen LogP contribution is -2.34. The maximum atomic E-state index is 14.0. The predicted molar refractivity (Wildman–Crippen MR) is 162 cm³/mol. The van der Waals surface area contributed by atoms with E-state index in [9.17, 15) is 4.79 Å². The van der Waals surface area contributed by atoms with Crippen molar-refractivity contribution in [2.45, 2.75) is 19.9 Å². The Labute approximate surface area is 244 Å². The molecule has 0 fully saturated rings. The summed E-state index contributed by atoms with van der Waals surface area (Å²) in [6, 6.07) is 28.7. The average Bonchev–Trinajstić information content (AvgIpc) is 3.40. The third-order valence-electron chi connectivity index (χ3n) is 7.07. The number of hydrogen-bond acceptors (Lipinski definition) is 6. The van der Waals surface area contributed by atoms with Crippen LogP contribution in [0.4, 0.5) is 0 Å². The van der Waals surface area contributed by atoms with E-state index in [1.54, 1.807) is 17.5 Å². The Kier molecular flexibility index (Phi) is 8.16. The molecular formula is C34H31N3O3S. The van der Waals surface area contributed by atoms with Gasteiger partial charge in [0.15, 0.2) is 0 Å². The molecule has 6 rings (SSSR count). The van der Waals surface area contributed by atoms with Gasteiger partial charge in [0.1, 0.15) is 18.1 Å². The van der Waals surface area contributed by atoms with Crippen molar-refractivity contribution in [1.82, 2.24) is 14.9 Å². The van der Waals surface area contributed by atoms with Crippen molar-refractivity contribution in [2.75, 3.05) is 26.4 Å². The first-order valence-electron chi connectivity index (χ1n) is 13.8. The third kappa shape index (κ3) is 6.37. The number of pyridine rings is 1. The quantitative estimate of drug-likeness (QED) is 0.242. The van der Waals surface area contributed by atoms with E-state index < -0.39 is 0 Å². The molecule has 2 bridgehead atoms. The lowest BCUT2D eigenvalue weighted by Gasteiger charge is -2.23. The molecule has 3 aromatic carbocycles. The van der Waals surface area contributed by atoms with Gasteiger partial charge in [-0.3, -0.25) is 9.78 Å². The minimum absolute atomic E-state index is 0.0861. The largest absolute Gasteiger partial charge is 0.491 e. The van der Waals surface area contributed by atoms with Crippen molar-refractivity contribution in [2.24, 2.45) is 0 Å². The molecule has 0 aliphatic carbocycles. The number of ether oxygens (including phenoxy) is 2. The summed E-state index contributed by atoms with van der Waals surface area (Å²) in [5.41, 5.74) is 6.97. The van der Waals surface area contributed by atoms with Gasteiger partial charge in [-0.1, -0.05) is 66.7 Å². The third-order valence-corrected chi connectivity index (χ3v) is 8.09. The van der Waals surface area contributed by atoms with Gasteiger partial charge in [-0.15, -0.1) is 11.3 Å². The van der Waals surface area contributed by atoms with E-state index in [1.807, 2.05) is 60.5 Å². The smallest absolute Gasteiger partial charge is 0.274 e. The molecule has 3 heterocycles. The van der Waals surface area contributed by atoms with Crippen molar-refractivity contribution in [3.8, 4) is 27.3 Å². The minimum atomic E-state index is -0.0861. The standard InChI is InChI=1S/C34H31N3O3S/c1-24-36-32(33(41-24)27-9-3-2-4-10-27)34(38)37-15-16-39-17-18-40-31-13-12-28(29-11-6-14-35-22-29)21-30(31)20-25-7-5-8-26(19-25)23-37/h2-14,19,21-22H,15-18,20,23H2,1H3. The molecule has 0 unspecified atom stereocenters. The fourth-order valence-corrected chi connectivity index (χ4v) is 6.01. The summed E-state index contributed by atoms with van der Waals surface area (Å²) < 4.78 is 12.1. The van der Waals surface area contributed by atoms with Crippen LogP contribution in [0, 0.1) is 6.92 Å². The fourth-order valence-electron chi connectivity index (χ4n) is 5.10. The molecular weight excluding hydrogens is 530 g/mol. The summed E-state index contributed by atoms with van der Waals surface area (Å²) in [7, 11) is 0. The Balaban J connectivity index is 1.31. The summed E-state index contributed by atoms with van der Waals surface area (Å²) in [6.45, 7) is 4.14. The second-order valence-corrected chi connectivity index (χ2v) is 11.2. The Morgan fingerprint density at radius 2 is 1.71 bits per heavy atom. The van der Waals surface area contributed by atoms with Gasteiger partial charge in [0, 0.05) is 37.5 Å². The van der Waals surface area contributed by atoms with E-state index >= 15 is 0 Å². The van der Waals surface area contributed by atoms with Crippen molar-refractivity contribution >= 4 is 17.2 Å². The molecule has 6 nitrogen and oxygen atoms in total. The van der Waals surface area contributed by atoms with Crippen LogP contribution in [-0.4, -0.2) is 47.1 Å². The SMILES string of the molecule is Cc1nc(C(=O)N2CCOCCOc3ccc(-c4cccnc4)cc3Cc3cccc(c3)C2)c(-c2ccccc2)s1. The van der Waals surface area contributed by atoms with Gasteiger partial charge in [-0.2, -0.15) is 0 Å². The molecule has 0 saturated carbocycles. The Morgan fingerprint density at radius 1 is 0.854 bits per heavy atom. The molecule has 1 aliphatic heterocycles. The van der Waals surface area contributed by atoms with E-state index in [1.165, 1.54) is 0 Å². The maximum absolute atomic E-state index is 14.0. The second kappa shape index (κ2) is 12.5. The highest BCUT2D eigenvalue weighted by molar-refractivity contribution is 7.15. The number of carbonyl (C=O) groups excluding carboxylic acids is 1. The molecule has 206 valence electrons. The topological polar surface area (TPSA) is 64.6 Å². The highest BCUT2D eigenvalue weighted by atomic mass is 32.1. The van der Waals surface area contributed by atoms with Gasteiger partial charge in [0.2, 0.25) is 0 Å². The first-order valence-corrected chi connectivity index (χ1v) is 14.6. The van der Waals surface area contributed by atoms with Crippen molar-refractivity contribution in [3.05, 3.63) is 125 Å². The first kappa shape index (κ1) is 26.9. The van der Waals surface area contributed by atoms with Crippen LogP contribution in [-0.2, 0) is 17.7 Å². The van der Waals surface area contributed by atoms with Crippen LogP contribution in [0.1, 0.15) is 32.2 Å². The van der Waals surface area contributed by atoms with Crippen molar-refractivity contribution in [3.63, 3.8) is 0 Å². The number of aromatic nitrogens is 2. The van der Waals surface area contributed by atoms with Crippen LogP contribution in [0.2, 0.25) is 0 Å². The zero-order valence-corrected chi connectivity index (χ0v) is 23.8. The van der Waals surface area contributed by atoms with Crippen molar-refractivity contribution in [1.29, 1.82) is 0 Å². The number of fused-ring (bicyclic) bond motifs is 3. The lowest BCUT2D eigenvalue weighted by atomic mass is 9.98. The molecule has 7 heteroatoms. The second-order valence-electron chi connectivity index (χ2n) is 10.0. The van der Waals surface area contributed by atoms with Crippen LogP contribution >= 0.6 is 11.3 Å². The van der Waals surface area contributed by atoms with Crippen molar-refractivity contribution < 1.29 is 14.3 Å². The highest BCUT2D eigenvalue weighted by Gasteiger charge is 2.24. The lowest BCUT2D eigenvalue weighted by molar-refractivity contribution is 0.0568. The molecule has 41 heavy (non-hydrogen) atoms. The van der Waals surface area contributed by atoms with E-state index in [4.69, 9.17) is 9.47 Å². The Bertz CT molecular complexity index is 1640. The normalized spacial score (nSPS) is 14.0. The van der Waals surface area contributed by atoms with Crippen LogP contribution < -0.4 is 4.74 Å². The maximum Gasteiger partial charge on any atom is 0.274 e. The van der Waals surface area contributed by atoms with Gasteiger partial charge in [0.05, 0.1) is 23.1 Å². The van der Waals surface area contributed by atoms with E-state index in [0.29, 0.717) is 45.0 Å². The van der Waals surface area contributed by atoms with Gasteiger partial charge in [0.25, 0.3) is 5.91 Å². The molecule has 5 aromatic rings. The Hall–Kier alpha value is -4.33. The van der Waals surface area contributed by atoms with Gasteiger partial charge >= 0.3 is 0 Å². The summed E-state index contributed by atoms with van der Waals surface area (Å²) in [4.78, 5) is 25.7. The zero-order chi connectivity index (χ0) is 28.0. The first-order chi connectivity index (χ1) is 20.1. The van der Waals surface area contributed by atoms with Gasteiger partial charge < -0.3 is 14.4 Å². The number of carbonyl (C=O) groups is 1. The van der Waals surface area contributed by atoms with Crippen LogP contribution in [0.15, 0.2) is 97.3 Å². The number of thiazole rings is 1. The molecule has 0 spiro atoms. The zero-order valence-electron chi connectivity index (χ0n) is 23.0. The molecule has 0 radical (unpaired) electrons. The number of nitrogens with zero attached hydrogens (tertiary/aromatic N) is 3. The summed E-state index contributed by atoms with van der Waals surface area (Å²) in [5, 5.41) is 0.869. The van der Waals surface area contributed by atoms with E-state index in [2.05, 4.69) is 52.4 Å². The predicted octanol–water partition coefficient (Wildman–Crippen LogP) is 6.82. The van der Waals surface area contributed by atoms with E-state index in [0.717, 1.165) is 49.0 Å². The minimum Gasteiger partial charge on any atom is -0.491 e. The summed E-state index contributed by atoms with van der Waals surface area (Å²) >= 11 is 1.55. The van der Waals surface area contributed by atoms with Crippen LogP contribution in [0.25, 0.3) is 21.6 Å². The highest BCUT2D eigenvalue weighted by Crippen LogP contribution is 2.32.